The largest absolute Gasteiger partial charge is 0.341 e. The number of hydrogen-bond donors (Lipinski definition) is 0. The summed E-state index contributed by atoms with van der Waals surface area (Å²) in [6.45, 7) is 4.73. The third-order valence-corrected chi connectivity index (χ3v) is 6.20. The molecule has 4 rings (SSSR count). The number of rotatable bonds is 4. The maximum atomic E-state index is 12.8. The van der Waals surface area contributed by atoms with Gasteiger partial charge in [-0.1, -0.05) is 0 Å². The molecule has 2 aromatic rings. The van der Waals surface area contributed by atoms with Gasteiger partial charge in [-0.25, -0.2) is 9.67 Å². The topological polar surface area (TPSA) is 84.2 Å². The van der Waals surface area contributed by atoms with Gasteiger partial charge in [-0.3, -0.25) is 14.6 Å². The van der Waals surface area contributed by atoms with E-state index in [1.165, 1.54) is 6.33 Å². The standard InChI is InChI=1S/C20H26N6O2/c1-16(26-15-22-14-23-26)19(28)24-10-6-20(7-11-24)5-2-18(27)25(13-20)12-17-3-8-21-9-4-17/h3-4,8-9,14-16H,2,5-7,10-13H2,1H3/t16-/m0/s1. The second kappa shape index (κ2) is 7.69. The molecule has 4 heterocycles. The number of nitrogens with zero attached hydrogens (tertiary/aromatic N) is 6. The van der Waals surface area contributed by atoms with Crippen LogP contribution in [-0.2, 0) is 16.1 Å². The summed E-state index contributed by atoms with van der Waals surface area (Å²) in [7, 11) is 0. The summed E-state index contributed by atoms with van der Waals surface area (Å²) in [5.41, 5.74) is 1.23. The lowest BCUT2D eigenvalue weighted by atomic mass is 9.72. The quantitative estimate of drug-likeness (QED) is 0.803. The maximum Gasteiger partial charge on any atom is 0.247 e. The SMILES string of the molecule is C[C@@H](C(=O)N1CCC2(CCC(=O)N(Cc3ccncc3)C2)CC1)n1cncn1. The molecule has 8 nitrogen and oxygen atoms in total. The summed E-state index contributed by atoms with van der Waals surface area (Å²) in [4.78, 5) is 37.1. The number of pyridine rings is 1. The Balaban J connectivity index is 1.37. The second-order valence-electron chi connectivity index (χ2n) is 7.98. The average molecular weight is 382 g/mol. The number of carbonyl (C=O) groups excluding carboxylic acids is 2. The first kappa shape index (κ1) is 18.6. The molecule has 0 radical (unpaired) electrons. The van der Waals surface area contributed by atoms with E-state index < -0.39 is 0 Å². The Bertz CT molecular complexity index is 814. The lowest BCUT2D eigenvalue weighted by molar-refractivity contribution is -0.144. The van der Waals surface area contributed by atoms with Gasteiger partial charge in [0.15, 0.2) is 0 Å². The van der Waals surface area contributed by atoms with Crippen molar-refractivity contribution in [2.24, 2.45) is 5.41 Å². The third kappa shape index (κ3) is 3.76. The van der Waals surface area contributed by atoms with Crippen LogP contribution in [-0.4, -0.2) is 61.0 Å². The predicted molar refractivity (Wildman–Crippen MR) is 102 cm³/mol. The summed E-state index contributed by atoms with van der Waals surface area (Å²) in [5, 5.41) is 4.08. The highest BCUT2D eigenvalue weighted by Gasteiger charge is 2.42. The normalized spacial score (nSPS) is 20.4. The van der Waals surface area contributed by atoms with Crippen LogP contribution < -0.4 is 0 Å². The number of hydrogen-bond acceptors (Lipinski definition) is 5. The van der Waals surface area contributed by atoms with Crippen molar-refractivity contribution in [3.8, 4) is 0 Å². The zero-order valence-electron chi connectivity index (χ0n) is 16.2. The molecule has 28 heavy (non-hydrogen) atoms. The van der Waals surface area contributed by atoms with Crippen LogP contribution in [0.15, 0.2) is 37.2 Å². The zero-order chi connectivity index (χ0) is 19.6. The fourth-order valence-electron chi connectivity index (χ4n) is 4.36. The average Bonchev–Trinajstić information content (AvgIpc) is 3.26. The first-order chi connectivity index (χ1) is 13.6. The maximum absolute atomic E-state index is 12.8. The highest BCUT2D eigenvalue weighted by Crippen LogP contribution is 2.41. The molecule has 2 aromatic heterocycles. The predicted octanol–water partition coefficient (Wildman–Crippen LogP) is 1.67. The van der Waals surface area contributed by atoms with Crippen LogP contribution >= 0.6 is 0 Å². The number of likely N-dealkylation sites (tertiary alicyclic amines) is 2. The Morgan fingerprint density at radius 3 is 2.61 bits per heavy atom. The lowest BCUT2D eigenvalue weighted by Crippen LogP contribution is -2.52. The van der Waals surface area contributed by atoms with Crippen LogP contribution in [0.2, 0.25) is 0 Å². The molecule has 8 heteroatoms. The highest BCUT2D eigenvalue weighted by molar-refractivity contribution is 5.80. The van der Waals surface area contributed by atoms with Crippen LogP contribution in [0.1, 0.15) is 44.2 Å². The molecular weight excluding hydrogens is 356 g/mol. The van der Waals surface area contributed by atoms with E-state index >= 15 is 0 Å². The minimum absolute atomic E-state index is 0.0841. The van der Waals surface area contributed by atoms with Gasteiger partial charge >= 0.3 is 0 Å². The molecule has 1 atom stereocenters. The molecule has 2 aliphatic rings. The number of amides is 2. The Labute approximate surface area is 164 Å². The van der Waals surface area contributed by atoms with E-state index in [1.54, 1.807) is 23.4 Å². The van der Waals surface area contributed by atoms with Crippen LogP contribution in [0.25, 0.3) is 0 Å². The van der Waals surface area contributed by atoms with Gasteiger partial charge in [-0.15, -0.1) is 0 Å². The molecule has 0 bridgehead atoms. The van der Waals surface area contributed by atoms with E-state index in [0.29, 0.717) is 13.0 Å². The molecule has 0 N–H and O–H groups in total. The molecule has 2 aliphatic heterocycles. The van der Waals surface area contributed by atoms with Crippen LogP contribution in [0.5, 0.6) is 0 Å². The smallest absolute Gasteiger partial charge is 0.247 e. The molecular formula is C20H26N6O2. The molecule has 2 saturated heterocycles. The number of carbonyl (C=O) groups is 2. The summed E-state index contributed by atoms with van der Waals surface area (Å²) >= 11 is 0. The molecule has 0 saturated carbocycles. The first-order valence-corrected chi connectivity index (χ1v) is 9.86. The monoisotopic (exact) mass is 382 g/mol. The van der Waals surface area contributed by atoms with Crippen molar-refractivity contribution in [2.45, 2.75) is 45.2 Å². The summed E-state index contributed by atoms with van der Waals surface area (Å²) in [6.07, 6.45) is 9.93. The Morgan fingerprint density at radius 1 is 1.18 bits per heavy atom. The minimum atomic E-state index is -0.340. The lowest BCUT2D eigenvalue weighted by Gasteiger charge is -2.47. The van der Waals surface area contributed by atoms with E-state index in [4.69, 9.17) is 0 Å². The zero-order valence-corrected chi connectivity index (χ0v) is 16.2. The molecule has 0 unspecified atom stereocenters. The van der Waals surface area contributed by atoms with E-state index in [2.05, 4.69) is 15.1 Å². The van der Waals surface area contributed by atoms with Gasteiger partial charge in [-0.2, -0.15) is 5.10 Å². The van der Waals surface area contributed by atoms with Crippen molar-refractivity contribution in [2.75, 3.05) is 19.6 Å². The van der Waals surface area contributed by atoms with Crippen LogP contribution in [0.4, 0.5) is 0 Å². The molecule has 1 spiro atoms. The van der Waals surface area contributed by atoms with Gasteiger partial charge in [0.2, 0.25) is 11.8 Å². The Hall–Kier alpha value is -2.77. The van der Waals surface area contributed by atoms with Crippen molar-refractivity contribution in [1.82, 2.24) is 29.5 Å². The van der Waals surface area contributed by atoms with Gasteiger partial charge in [0, 0.05) is 45.0 Å². The van der Waals surface area contributed by atoms with Gasteiger partial charge in [0.05, 0.1) is 0 Å². The van der Waals surface area contributed by atoms with Crippen molar-refractivity contribution >= 4 is 11.8 Å². The van der Waals surface area contributed by atoms with E-state index in [1.807, 2.05) is 28.9 Å². The number of aromatic nitrogens is 4. The second-order valence-corrected chi connectivity index (χ2v) is 7.98. The van der Waals surface area contributed by atoms with E-state index in [-0.39, 0.29) is 23.3 Å². The molecule has 2 fully saturated rings. The van der Waals surface area contributed by atoms with Crippen LogP contribution in [0, 0.1) is 5.41 Å². The number of piperidine rings is 2. The summed E-state index contributed by atoms with van der Waals surface area (Å²) < 4.78 is 1.60. The third-order valence-electron chi connectivity index (χ3n) is 6.20. The van der Waals surface area contributed by atoms with Crippen LogP contribution in [0.3, 0.4) is 0 Å². The van der Waals surface area contributed by atoms with Crippen molar-refractivity contribution in [3.05, 3.63) is 42.7 Å². The Morgan fingerprint density at radius 2 is 1.93 bits per heavy atom. The molecule has 0 aromatic carbocycles. The minimum Gasteiger partial charge on any atom is -0.341 e. The molecule has 148 valence electrons. The highest BCUT2D eigenvalue weighted by atomic mass is 16.2. The Kier molecular flexibility index (Phi) is 5.11. The van der Waals surface area contributed by atoms with Gasteiger partial charge in [-0.05, 0) is 49.3 Å². The van der Waals surface area contributed by atoms with Gasteiger partial charge in [0.1, 0.15) is 18.7 Å². The summed E-state index contributed by atoms with van der Waals surface area (Å²) in [6, 6.07) is 3.58. The van der Waals surface area contributed by atoms with Gasteiger partial charge < -0.3 is 9.80 Å². The fraction of sp³-hybridized carbons (Fsp3) is 0.550. The van der Waals surface area contributed by atoms with Crippen molar-refractivity contribution < 1.29 is 9.59 Å². The molecule has 0 aliphatic carbocycles. The summed E-state index contributed by atoms with van der Waals surface area (Å²) in [5.74, 6) is 0.307. The molecule has 2 amide bonds. The van der Waals surface area contributed by atoms with E-state index in [9.17, 15) is 9.59 Å². The van der Waals surface area contributed by atoms with Gasteiger partial charge in [0.25, 0.3) is 0 Å². The van der Waals surface area contributed by atoms with Crippen molar-refractivity contribution in [1.29, 1.82) is 0 Å². The van der Waals surface area contributed by atoms with E-state index in [0.717, 1.165) is 44.5 Å². The first-order valence-electron chi connectivity index (χ1n) is 9.86. The fourth-order valence-corrected chi connectivity index (χ4v) is 4.36. The van der Waals surface area contributed by atoms with Crippen molar-refractivity contribution in [3.63, 3.8) is 0 Å².